The first-order valence-electron chi connectivity index (χ1n) is 8.46. The predicted octanol–water partition coefficient (Wildman–Crippen LogP) is 2.82. The zero-order valence-corrected chi connectivity index (χ0v) is 15.6. The average Bonchev–Trinajstić information content (AvgIpc) is 3.41. The number of nitrogens with one attached hydrogen (secondary N) is 1. The summed E-state index contributed by atoms with van der Waals surface area (Å²) in [7, 11) is 5.46. The molecular formula is C18H28ClN3O2. The highest BCUT2D eigenvalue weighted by atomic mass is 35.5. The van der Waals surface area contributed by atoms with Crippen LogP contribution in [-0.4, -0.2) is 58.4 Å². The van der Waals surface area contributed by atoms with Gasteiger partial charge in [-0.3, -0.25) is 4.99 Å². The van der Waals surface area contributed by atoms with Crippen LogP contribution in [0.1, 0.15) is 18.4 Å². The van der Waals surface area contributed by atoms with Crippen molar-refractivity contribution in [2.45, 2.75) is 19.3 Å². The summed E-state index contributed by atoms with van der Waals surface area (Å²) >= 11 is 6.27. The number of likely N-dealkylation sites (N-methyl/N-ethyl adjacent to an activating group) is 1. The van der Waals surface area contributed by atoms with Crippen molar-refractivity contribution < 1.29 is 9.47 Å². The number of benzene rings is 1. The number of methoxy groups -OCH3 is 1. The van der Waals surface area contributed by atoms with Crippen LogP contribution in [0.3, 0.4) is 0 Å². The summed E-state index contributed by atoms with van der Waals surface area (Å²) in [5.41, 5.74) is 1.09. The van der Waals surface area contributed by atoms with Gasteiger partial charge in [0, 0.05) is 38.8 Å². The Morgan fingerprint density at radius 1 is 1.42 bits per heavy atom. The first-order valence-corrected chi connectivity index (χ1v) is 8.83. The van der Waals surface area contributed by atoms with Crippen LogP contribution < -0.4 is 10.1 Å². The molecule has 1 aliphatic carbocycles. The lowest BCUT2D eigenvalue weighted by Gasteiger charge is -2.22. The quantitative estimate of drug-likeness (QED) is 0.421. The van der Waals surface area contributed by atoms with Gasteiger partial charge in [0.25, 0.3) is 0 Å². The lowest BCUT2D eigenvalue weighted by atomic mass is 10.1. The molecule has 2 rings (SSSR count). The van der Waals surface area contributed by atoms with E-state index in [4.69, 9.17) is 21.1 Å². The van der Waals surface area contributed by atoms with Gasteiger partial charge in [-0.2, -0.15) is 0 Å². The fourth-order valence-electron chi connectivity index (χ4n) is 2.39. The maximum absolute atomic E-state index is 6.27. The Morgan fingerprint density at radius 3 is 2.83 bits per heavy atom. The van der Waals surface area contributed by atoms with E-state index in [1.807, 2.05) is 25.2 Å². The topological polar surface area (TPSA) is 46.1 Å². The Hall–Kier alpha value is -1.46. The molecule has 1 fully saturated rings. The lowest BCUT2D eigenvalue weighted by Crippen LogP contribution is -2.41. The first-order chi connectivity index (χ1) is 11.6. The Bertz CT molecular complexity index is 547. The second kappa shape index (κ2) is 9.74. The molecule has 0 heterocycles. The third-order valence-corrected chi connectivity index (χ3v) is 4.48. The Morgan fingerprint density at radius 2 is 2.21 bits per heavy atom. The number of hydrogen-bond acceptors (Lipinski definition) is 3. The summed E-state index contributed by atoms with van der Waals surface area (Å²) in [6.45, 7) is 3.23. The third-order valence-electron chi connectivity index (χ3n) is 4.13. The van der Waals surface area contributed by atoms with Crippen molar-refractivity contribution in [1.82, 2.24) is 10.2 Å². The number of guanidine groups is 1. The van der Waals surface area contributed by atoms with Crippen LogP contribution in [0.15, 0.2) is 23.2 Å². The molecule has 0 aromatic heterocycles. The van der Waals surface area contributed by atoms with E-state index in [1.165, 1.54) is 12.8 Å². The van der Waals surface area contributed by atoms with Crippen LogP contribution in [0.5, 0.6) is 5.75 Å². The minimum atomic E-state index is 0.730. The van der Waals surface area contributed by atoms with Crippen molar-refractivity contribution in [2.24, 2.45) is 10.9 Å². The standard InChI is InChI=1S/C18H28ClN3O2/c1-20-18(22(2)10-11-24-13-14-4-5-14)21-9-8-15-6-7-16(23-3)12-17(15)19/h6-7,12,14H,4-5,8-11,13H2,1-3H3,(H,20,21). The van der Waals surface area contributed by atoms with E-state index in [-0.39, 0.29) is 0 Å². The van der Waals surface area contributed by atoms with Gasteiger partial charge < -0.3 is 19.7 Å². The molecule has 0 aliphatic heterocycles. The molecule has 0 radical (unpaired) electrons. The van der Waals surface area contributed by atoms with Gasteiger partial charge in [-0.15, -0.1) is 0 Å². The smallest absolute Gasteiger partial charge is 0.193 e. The van der Waals surface area contributed by atoms with Crippen LogP contribution in [0, 0.1) is 5.92 Å². The first kappa shape index (κ1) is 18.9. The maximum Gasteiger partial charge on any atom is 0.193 e. The molecule has 0 spiro atoms. The highest BCUT2D eigenvalue weighted by Gasteiger charge is 2.21. The number of aliphatic imine (C=N–C) groups is 1. The molecule has 1 aliphatic rings. The van der Waals surface area contributed by atoms with Gasteiger partial charge in [0.15, 0.2) is 5.96 Å². The summed E-state index contributed by atoms with van der Waals surface area (Å²) in [5, 5.41) is 4.10. The Kier molecular flexibility index (Phi) is 7.66. The van der Waals surface area contributed by atoms with Crippen LogP contribution in [-0.2, 0) is 11.2 Å². The van der Waals surface area contributed by atoms with Crippen LogP contribution in [0.2, 0.25) is 5.02 Å². The second-order valence-electron chi connectivity index (χ2n) is 6.12. The van der Waals surface area contributed by atoms with Gasteiger partial charge in [-0.05, 0) is 42.9 Å². The lowest BCUT2D eigenvalue weighted by molar-refractivity contribution is 0.115. The minimum Gasteiger partial charge on any atom is -0.497 e. The molecule has 1 saturated carbocycles. The van der Waals surface area contributed by atoms with E-state index in [1.54, 1.807) is 14.2 Å². The van der Waals surface area contributed by atoms with Crippen LogP contribution >= 0.6 is 11.6 Å². The molecule has 1 aromatic rings. The summed E-state index contributed by atoms with van der Waals surface area (Å²) in [6.07, 6.45) is 3.48. The Balaban J connectivity index is 1.70. The normalized spacial score (nSPS) is 14.6. The molecule has 0 unspecified atom stereocenters. The zero-order valence-electron chi connectivity index (χ0n) is 14.8. The minimum absolute atomic E-state index is 0.730. The maximum atomic E-state index is 6.27. The molecule has 0 amide bonds. The zero-order chi connectivity index (χ0) is 17.4. The second-order valence-corrected chi connectivity index (χ2v) is 6.53. The molecule has 0 atom stereocenters. The van der Waals surface area contributed by atoms with Crippen molar-refractivity contribution >= 4 is 17.6 Å². The molecule has 0 saturated heterocycles. The molecule has 6 heteroatoms. The number of nitrogens with zero attached hydrogens (tertiary/aromatic N) is 2. The van der Waals surface area contributed by atoms with E-state index in [0.29, 0.717) is 0 Å². The van der Waals surface area contributed by atoms with Crippen LogP contribution in [0.25, 0.3) is 0 Å². The van der Waals surface area contributed by atoms with Gasteiger partial charge in [-0.25, -0.2) is 0 Å². The molecule has 1 N–H and O–H groups in total. The summed E-state index contributed by atoms with van der Waals surface area (Å²) in [6, 6.07) is 5.77. The molecule has 134 valence electrons. The van der Waals surface area contributed by atoms with Gasteiger partial charge in [0.1, 0.15) is 5.75 Å². The van der Waals surface area contributed by atoms with Crippen molar-refractivity contribution in [3.8, 4) is 5.75 Å². The number of halogens is 1. The number of ether oxygens (including phenoxy) is 2. The van der Waals surface area contributed by atoms with Gasteiger partial charge in [0.2, 0.25) is 0 Å². The average molecular weight is 354 g/mol. The summed E-state index contributed by atoms with van der Waals surface area (Å²) < 4.78 is 10.8. The fourth-order valence-corrected chi connectivity index (χ4v) is 2.66. The van der Waals surface area contributed by atoms with Crippen LogP contribution in [0.4, 0.5) is 0 Å². The van der Waals surface area contributed by atoms with E-state index in [2.05, 4.69) is 15.2 Å². The van der Waals surface area contributed by atoms with Gasteiger partial charge >= 0.3 is 0 Å². The SMILES string of the molecule is CN=C(NCCc1ccc(OC)cc1Cl)N(C)CCOCC1CC1. The van der Waals surface area contributed by atoms with E-state index >= 15 is 0 Å². The van der Waals surface area contributed by atoms with Gasteiger partial charge in [-0.1, -0.05) is 17.7 Å². The fraction of sp³-hybridized carbons (Fsp3) is 0.611. The Labute approximate surface area is 150 Å². The molecular weight excluding hydrogens is 326 g/mol. The summed E-state index contributed by atoms with van der Waals surface area (Å²) in [5.74, 6) is 2.45. The summed E-state index contributed by atoms with van der Waals surface area (Å²) in [4.78, 5) is 6.40. The van der Waals surface area contributed by atoms with E-state index in [0.717, 1.165) is 60.9 Å². The predicted molar refractivity (Wildman–Crippen MR) is 99.2 cm³/mol. The van der Waals surface area contributed by atoms with Crippen molar-refractivity contribution in [3.63, 3.8) is 0 Å². The largest absolute Gasteiger partial charge is 0.497 e. The van der Waals surface area contributed by atoms with Gasteiger partial charge in [0.05, 0.1) is 13.7 Å². The van der Waals surface area contributed by atoms with Crippen molar-refractivity contribution in [3.05, 3.63) is 28.8 Å². The molecule has 24 heavy (non-hydrogen) atoms. The van der Waals surface area contributed by atoms with E-state index in [9.17, 15) is 0 Å². The molecule has 0 bridgehead atoms. The number of rotatable bonds is 9. The number of hydrogen-bond donors (Lipinski definition) is 1. The molecule has 5 nitrogen and oxygen atoms in total. The highest BCUT2D eigenvalue weighted by molar-refractivity contribution is 6.31. The van der Waals surface area contributed by atoms with Crippen molar-refractivity contribution in [1.29, 1.82) is 0 Å². The monoisotopic (exact) mass is 353 g/mol. The highest BCUT2D eigenvalue weighted by Crippen LogP contribution is 2.28. The van der Waals surface area contributed by atoms with E-state index < -0.39 is 0 Å². The van der Waals surface area contributed by atoms with Crippen molar-refractivity contribution in [2.75, 3.05) is 47.5 Å². The molecule has 1 aromatic carbocycles. The third kappa shape index (κ3) is 6.21.